The van der Waals surface area contributed by atoms with Gasteiger partial charge < -0.3 is 0 Å². The van der Waals surface area contributed by atoms with Gasteiger partial charge in [0, 0.05) is 26.8 Å². The fourth-order valence-electron chi connectivity index (χ4n) is 1.61. The first kappa shape index (κ1) is 12.2. The van der Waals surface area contributed by atoms with Crippen LogP contribution < -0.4 is 0 Å². The van der Waals surface area contributed by atoms with Crippen LogP contribution in [0, 0.1) is 13.0 Å². The maximum absolute atomic E-state index is 4.34. The van der Waals surface area contributed by atoms with Crippen molar-refractivity contribution in [1.82, 2.24) is 9.78 Å². The Bertz CT molecular complexity index is 420. The average molecular weight is 380 g/mol. The van der Waals surface area contributed by atoms with E-state index < -0.39 is 0 Å². The molecule has 2 aromatic rings. The van der Waals surface area contributed by atoms with Crippen LogP contribution in [-0.4, -0.2) is 9.78 Å². The molecule has 3 heteroatoms. The summed E-state index contributed by atoms with van der Waals surface area (Å²) in [6, 6.07) is 11.1. The summed E-state index contributed by atoms with van der Waals surface area (Å²) in [4.78, 5) is 0. The minimum atomic E-state index is 0. The summed E-state index contributed by atoms with van der Waals surface area (Å²) >= 11 is 0. The third-order valence-corrected chi connectivity index (χ3v) is 2.33. The molecule has 0 saturated heterocycles. The number of hydrogen-bond donors (Lipinski definition) is 0. The molecule has 15 heavy (non-hydrogen) atoms. The predicted octanol–water partition coefficient (Wildman–Crippen LogP) is 2.54. The van der Waals surface area contributed by atoms with Crippen LogP contribution in [0.5, 0.6) is 0 Å². The molecule has 2 rings (SSSR count). The molecule has 2 nitrogen and oxygen atoms in total. The van der Waals surface area contributed by atoms with Crippen molar-refractivity contribution in [2.45, 2.75) is 20.3 Å². The van der Waals surface area contributed by atoms with Gasteiger partial charge in [0.25, 0.3) is 0 Å². The molecule has 0 saturated carbocycles. The SMILES string of the molecule is CCc1c(C)cnn1-c1[c-]cccc1.[Pt]. The summed E-state index contributed by atoms with van der Waals surface area (Å²) in [6.45, 7) is 4.23. The van der Waals surface area contributed by atoms with E-state index in [9.17, 15) is 0 Å². The molecule has 0 unspecified atom stereocenters. The average Bonchev–Trinajstić information content (AvgIpc) is 2.61. The van der Waals surface area contributed by atoms with Crippen LogP contribution in [0.15, 0.2) is 30.5 Å². The van der Waals surface area contributed by atoms with Gasteiger partial charge in [-0.25, -0.2) is 0 Å². The molecule has 0 aliphatic rings. The van der Waals surface area contributed by atoms with Gasteiger partial charge in [-0.05, 0) is 24.6 Å². The van der Waals surface area contributed by atoms with Gasteiger partial charge in [0.05, 0.1) is 6.20 Å². The summed E-state index contributed by atoms with van der Waals surface area (Å²) in [7, 11) is 0. The fraction of sp³-hybridized carbons (Fsp3) is 0.250. The minimum Gasteiger partial charge on any atom is -0.262 e. The Hall–Kier alpha value is -0.882. The first-order valence-corrected chi connectivity index (χ1v) is 4.83. The number of hydrogen-bond acceptors (Lipinski definition) is 1. The zero-order valence-electron chi connectivity index (χ0n) is 8.80. The number of rotatable bonds is 2. The second-order valence-electron chi connectivity index (χ2n) is 3.29. The van der Waals surface area contributed by atoms with Crippen LogP contribution in [0.1, 0.15) is 18.2 Å². The first-order valence-electron chi connectivity index (χ1n) is 4.83. The second-order valence-corrected chi connectivity index (χ2v) is 3.29. The zero-order valence-corrected chi connectivity index (χ0v) is 11.1. The Balaban J connectivity index is 0.00000112. The molecular formula is C12H13N2Pt-. The molecule has 0 radical (unpaired) electrons. The summed E-state index contributed by atoms with van der Waals surface area (Å²) in [6.07, 6.45) is 2.90. The van der Waals surface area contributed by atoms with Gasteiger partial charge in [-0.3, -0.25) is 4.68 Å². The zero-order chi connectivity index (χ0) is 9.97. The van der Waals surface area contributed by atoms with Gasteiger partial charge in [0.2, 0.25) is 0 Å². The standard InChI is InChI=1S/C12H13N2.Pt/c1-3-12-10(2)9-13-14(12)11-7-5-4-6-8-11;/h4-7,9H,3H2,1-2H3;/q-1;. The molecule has 1 aromatic carbocycles. The van der Waals surface area contributed by atoms with Crippen molar-refractivity contribution in [3.8, 4) is 5.69 Å². The van der Waals surface area contributed by atoms with Crippen molar-refractivity contribution < 1.29 is 21.1 Å². The summed E-state index contributed by atoms with van der Waals surface area (Å²) in [5, 5.41) is 4.34. The molecule has 0 spiro atoms. The Morgan fingerprint density at radius 1 is 1.40 bits per heavy atom. The van der Waals surface area contributed by atoms with E-state index in [4.69, 9.17) is 0 Å². The monoisotopic (exact) mass is 380 g/mol. The molecule has 0 aliphatic carbocycles. The maximum Gasteiger partial charge on any atom is 0.0525 e. The molecule has 1 aromatic heterocycles. The van der Waals surface area contributed by atoms with Crippen LogP contribution in [0.3, 0.4) is 0 Å². The van der Waals surface area contributed by atoms with Crippen LogP contribution in [0.25, 0.3) is 5.69 Å². The molecule has 82 valence electrons. The topological polar surface area (TPSA) is 17.8 Å². The molecule has 1 heterocycles. The predicted molar refractivity (Wildman–Crippen MR) is 56.5 cm³/mol. The van der Waals surface area contributed by atoms with Crippen LogP contribution in [0.4, 0.5) is 0 Å². The Morgan fingerprint density at radius 2 is 2.20 bits per heavy atom. The smallest absolute Gasteiger partial charge is 0.0525 e. The number of aryl methyl sites for hydroxylation is 1. The van der Waals surface area contributed by atoms with Gasteiger partial charge in [0.1, 0.15) is 0 Å². The van der Waals surface area contributed by atoms with Crippen molar-refractivity contribution in [3.05, 3.63) is 47.8 Å². The molecule has 0 fully saturated rings. The van der Waals surface area contributed by atoms with E-state index in [1.165, 1.54) is 11.3 Å². The molecule has 0 aliphatic heterocycles. The van der Waals surface area contributed by atoms with Crippen LogP contribution >= 0.6 is 0 Å². The van der Waals surface area contributed by atoms with Gasteiger partial charge in [-0.15, -0.1) is 6.07 Å². The quantitative estimate of drug-likeness (QED) is 0.733. The van der Waals surface area contributed by atoms with Crippen molar-refractivity contribution in [2.24, 2.45) is 0 Å². The first-order chi connectivity index (χ1) is 6.83. The van der Waals surface area contributed by atoms with E-state index >= 15 is 0 Å². The number of para-hydroxylation sites is 1. The molecule has 0 atom stereocenters. The summed E-state index contributed by atoms with van der Waals surface area (Å²) < 4.78 is 1.95. The van der Waals surface area contributed by atoms with E-state index in [1.54, 1.807) is 0 Å². The minimum absolute atomic E-state index is 0. The molecular weight excluding hydrogens is 367 g/mol. The van der Waals surface area contributed by atoms with Crippen molar-refractivity contribution >= 4 is 0 Å². The van der Waals surface area contributed by atoms with Gasteiger partial charge in [-0.2, -0.15) is 29.4 Å². The third-order valence-electron chi connectivity index (χ3n) is 2.33. The van der Waals surface area contributed by atoms with E-state index in [-0.39, 0.29) is 21.1 Å². The third kappa shape index (κ3) is 2.38. The normalized spacial score (nSPS) is 9.73. The van der Waals surface area contributed by atoms with E-state index in [1.807, 2.05) is 35.1 Å². The van der Waals surface area contributed by atoms with Gasteiger partial charge in [0.15, 0.2) is 0 Å². The van der Waals surface area contributed by atoms with Crippen molar-refractivity contribution in [3.63, 3.8) is 0 Å². The maximum atomic E-state index is 4.34. The van der Waals surface area contributed by atoms with Crippen LogP contribution in [0.2, 0.25) is 0 Å². The summed E-state index contributed by atoms with van der Waals surface area (Å²) in [5.41, 5.74) is 3.51. The van der Waals surface area contributed by atoms with Gasteiger partial charge in [-0.1, -0.05) is 6.92 Å². The Kier molecular flexibility index (Phi) is 4.28. The fourth-order valence-corrected chi connectivity index (χ4v) is 1.61. The largest absolute Gasteiger partial charge is 0.262 e. The van der Waals surface area contributed by atoms with Crippen molar-refractivity contribution in [2.75, 3.05) is 0 Å². The number of aromatic nitrogens is 2. The molecule has 0 bridgehead atoms. The number of benzene rings is 1. The summed E-state index contributed by atoms with van der Waals surface area (Å²) in [5.74, 6) is 0. The van der Waals surface area contributed by atoms with Crippen molar-refractivity contribution in [1.29, 1.82) is 0 Å². The molecule has 0 amide bonds. The van der Waals surface area contributed by atoms with Crippen LogP contribution in [-0.2, 0) is 27.5 Å². The molecule has 0 N–H and O–H groups in total. The van der Waals surface area contributed by atoms with Gasteiger partial charge >= 0.3 is 0 Å². The van der Waals surface area contributed by atoms with E-state index in [0.29, 0.717) is 0 Å². The van der Waals surface area contributed by atoms with E-state index in [2.05, 4.69) is 25.0 Å². The van der Waals surface area contributed by atoms with E-state index in [0.717, 1.165) is 12.1 Å². The number of nitrogens with zero attached hydrogens (tertiary/aromatic N) is 2. The Morgan fingerprint density at radius 3 is 2.80 bits per heavy atom. The second kappa shape index (κ2) is 5.27. The Labute approximate surface area is 105 Å².